The first kappa shape index (κ1) is 27.0. The fraction of sp³-hybridized carbons (Fsp3) is 0.120. The van der Waals surface area contributed by atoms with Crippen LogP contribution >= 0.6 is 11.6 Å². The van der Waals surface area contributed by atoms with Crippen LogP contribution in [0.5, 0.6) is 11.5 Å². The van der Waals surface area contributed by atoms with Crippen molar-refractivity contribution in [3.63, 3.8) is 0 Å². The number of anilines is 1. The summed E-state index contributed by atoms with van der Waals surface area (Å²) >= 11 is 5.85. The predicted octanol–water partition coefficient (Wildman–Crippen LogP) is 5.69. The molecule has 1 aromatic heterocycles. The van der Waals surface area contributed by atoms with Gasteiger partial charge < -0.3 is 14.8 Å². The number of methoxy groups -OCH3 is 1. The Balaban J connectivity index is 1.48. The summed E-state index contributed by atoms with van der Waals surface area (Å²) in [6.45, 7) is -0.253. The summed E-state index contributed by atoms with van der Waals surface area (Å²) in [5.74, 6) is -0.492. The molecule has 0 unspecified atom stereocenters. The highest BCUT2D eigenvalue weighted by molar-refractivity contribution is 7.91. The smallest absolute Gasteiger partial charge is 0.416 e. The maximum atomic E-state index is 13.1. The Labute approximate surface area is 220 Å². The summed E-state index contributed by atoms with van der Waals surface area (Å²) in [6.07, 6.45) is -3.10. The Morgan fingerprint density at radius 2 is 1.74 bits per heavy atom. The van der Waals surface area contributed by atoms with Gasteiger partial charge in [-0.15, -0.1) is 0 Å². The predicted molar refractivity (Wildman–Crippen MR) is 132 cm³/mol. The van der Waals surface area contributed by atoms with Crippen LogP contribution in [0.1, 0.15) is 16.1 Å². The minimum atomic E-state index is -4.51. The van der Waals surface area contributed by atoms with Crippen molar-refractivity contribution in [2.45, 2.75) is 22.7 Å². The van der Waals surface area contributed by atoms with Gasteiger partial charge in [0.1, 0.15) is 11.5 Å². The molecular weight excluding hydrogens is 547 g/mol. The van der Waals surface area contributed by atoms with Crippen LogP contribution in [0.4, 0.5) is 18.9 Å². The minimum Gasteiger partial charge on any atom is -0.497 e. The van der Waals surface area contributed by atoms with E-state index in [4.69, 9.17) is 21.1 Å². The van der Waals surface area contributed by atoms with Crippen molar-refractivity contribution in [2.75, 3.05) is 12.4 Å². The molecule has 0 aliphatic heterocycles. The number of rotatable bonds is 8. The molecule has 3 aromatic carbocycles. The fourth-order valence-electron chi connectivity index (χ4n) is 3.32. The van der Waals surface area contributed by atoms with Gasteiger partial charge in [-0.1, -0.05) is 17.7 Å². The van der Waals surface area contributed by atoms with E-state index in [0.29, 0.717) is 5.02 Å². The maximum absolute atomic E-state index is 13.1. The molecule has 0 atom stereocenters. The van der Waals surface area contributed by atoms with Crippen molar-refractivity contribution in [2.24, 2.45) is 0 Å². The van der Waals surface area contributed by atoms with Gasteiger partial charge in [-0.3, -0.25) is 4.79 Å². The molecule has 1 amide bonds. The van der Waals surface area contributed by atoms with E-state index in [-0.39, 0.29) is 39.4 Å². The zero-order valence-corrected chi connectivity index (χ0v) is 21.1. The SMILES string of the molecule is COc1cc(NC(=O)c2ccn(COc3cccc(C(F)(F)F)c3)n2)cc(S(=O)(=O)c2ccc(Cl)cc2)c1. The number of carbonyl (C=O) groups is 1. The molecule has 0 aliphatic rings. The quantitative estimate of drug-likeness (QED) is 0.295. The van der Waals surface area contributed by atoms with E-state index in [1.165, 1.54) is 78.7 Å². The van der Waals surface area contributed by atoms with E-state index < -0.39 is 27.5 Å². The van der Waals surface area contributed by atoms with Crippen LogP contribution in [0.2, 0.25) is 5.02 Å². The first-order chi connectivity index (χ1) is 18.0. The third kappa shape index (κ3) is 6.26. The van der Waals surface area contributed by atoms with E-state index in [2.05, 4.69) is 10.4 Å². The van der Waals surface area contributed by atoms with Gasteiger partial charge in [-0.05, 0) is 60.7 Å². The van der Waals surface area contributed by atoms with Gasteiger partial charge in [0.25, 0.3) is 5.91 Å². The second-order valence-electron chi connectivity index (χ2n) is 7.85. The number of sulfone groups is 1. The minimum absolute atomic E-state index is 0.00643. The lowest BCUT2D eigenvalue weighted by Crippen LogP contribution is -2.15. The molecule has 0 saturated heterocycles. The molecule has 198 valence electrons. The number of halogens is 4. The average molecular weight is 566 g/mol. The van der Waals surface area contributed by atoms with Crippen molar-refractivity contribution in [1.82, 2.24) is 9.78 Å². The van der Waals surface area contributed by atoms with Crippen molar-refractivity contribution < 1.29 is 35.9 Å². The third-order valence-corrected chi connectivity index (χ3v) is 7.21. The van der Waals surface area contributed by atoms with E-state index in [9.17, 15) is 26.4 Å². The number of ether oxygens (including phenoxy) is 2. The number of hydrogen-bond acceptors (Lipinski definition) is 6. The van der Waals surface area contributed by atoms with Crippen LogP contribution in [0.15, 0.2) is 88.8 Å². The molecule has 0 radical (unpaired) electrons. The summed E-state index contributed by atoms with van der Waals surface area (Å²) in [4.78, 5) is 12.7. The van der Waals surface area contributed by atoms with E-state index in [1.54, 1.807) is 0 Å². The molecule has 1 N–H and O–H groups in total. The topological polar surface area (TPSA) is 99.5 Å². The second-order valence-corrected chi connectivity index (χ2v) is 10.2. The number of carbonyl (C=O) groups excluding carboxylic acids is 1. The highest BCUT2D eigenvalue weighted by Gasteiger charge is 2.30. The number of nitrogens with one attached hydrogen (secondary N) is 1. The number of hydrogen-bond donors (Lipinski definition) is 1. The van der Waals surface area contributed by atoms with E-state index in [0.717, 1.165) is 12.1 Å². The van der Waals surface area contributed by atoms with Gasteiger partial charge >= 0.3 is 6.18 Å². The maximum Gasteiger partial charge on any atom is 0.416 e. The number of amides is 1. The number of alkyl halides is 3. The van der Waals surface area contributed by atoms with Crippen LogP contribution in [-0.2, 0) is 22.7 Å². The van der Waals surface area contributed by atoms with Gasteiger partial charge in [0.05, 0.1) is 22.5 Å². The van der Waals surface area contributed by atoms with Crippen molar-refractivity contribution >= 4 is 33.0 Å². The molecule has 0 bridgehead atoms. The van der Waals surface area contributed by atoms with Gasteiger partial charge in [-0.2, -0.15) is 18.3 Å². The number of aromatic nitrogens is 2. The zero-order chi connectivity index (χ0) is 27.5. The lowest BCUT2D eigenvalue weighted by molar-refractivity contribution is -0.137. The Morgan fingerprint density at radius 3 is 2.42 bits per heavy atom. The summed E-state index contributed by atoms with van der Waals surface area (Å²) in [5.41, 5.74) is -0.759. The molecule has 13 heteroatoms. The summed E-state index contributed by atoms with van der Waals surface area (Å²) < 4.78 is 76.6. The summed E-state index contributed by atoms with van der Waals surface area (Å²) in [6, 6.07) is 15.4. The lowest BCUT2D eigenvalue weighted by atomic mass is 10.2. The Bertz CT molecular complexity index is 1570. The molecule has 4 aromatic rings. The zero-order valence-electron chi connectivity index (χ0n) is 19.6. The molecule has 0 saturated carbocycles. The largest absolute Gasteiger partial charge is 0.497 e. The van der Waals surface area contributed by atoms with Gasteiger partial charge in [0.15, 0.2) is 12.4 Å². The van der Waals surface area contributed by atoms with Crippen LogP contribution in [0.25, 0.3) is 0 Å². The molecule has 8 nitrogen and oxygen atoms in total. The van der Waals surface area contributed by atoms with Crippen LogP contribution in [0.3, 0.4) is 0 Å². The Hall–Kier alpha value is -4.03. The molecule has 0 spiro atoms. The first-order valence-electron chi connectivity index (χ1n) is 10.8. The third-order valence-electron chi connectivity index (χ3n) is 5.21. The highest BCUT2D eigenvalue weighted by atomic mass is 35.5. The highest BCUT2D eigenvalue weighted by Crippen LogP contribution is 2.32. The number of nitrogens with zero attached hydrogens (tertiary/aromatic N) is 2. The molecule has 0 fully saturated rings. The van der Waals surface area contributed by atoms with E-state index >= 15 is 0 Å². The van der Waals surface area contributed by atoms with Crippen molar-refractivity contribution in [3.05, 3.63) is 95.3 Å². The second kappa shape index (κ2) is 10.8. The van der Waals surface area contributed by atoms with Crippen LogP contribution in [-0.4, -0.2) is 31.2 Å². The summed E-state index contributed by atoms with van der Waals surface area (Å²) in [5, 5.41) is 7.01. The first-order valence-corrected chi connectivity index (χ1v) is 12.7. The van der Waals surface area contributed by atoms with E-state index in [1.807, 2.05) is 0 Å². The number of benzene rings is 3. The molecule has 1 heterocycles. The van der Waals surface area contributed by atoms with Crippen molar-refractivity contribution in [1.29, 1.82) is 0 Å². The average Bonchev–Trinajstić information content (AvgIpc) is 3.36. The lowest BCUT2D eigenvalue weighted by Gasteiger charge is -2.11. The van der Waals surface area contributed by atoms with Crippen LogP contribution in [0, 0.1) is 0 Å². The van der Waals surface area contributed by atoms with Crippen molar-refractivity contribution in [3.8, 4) is 11.5 Å². The molecule has 0 aliphatic carbocycles. The van der Waals surface area contributed by atoms with Gasteiger partial charge in [0, 0.05) is 23.0 Å². The molecule has 4 rings (SSSR count). The normalized spacial score (nSPS) is 11.7. The van der Waals surface area contributed by atoms with Gasteiger partial charge in [-0.25, -0.2) is 13.1 Å². The van der Waals surface area contributed by atoms with Gasteiger partial charge in [0.2, 0.25) is 9.84 Å². The summed E-state index contributed by atoms with van der Waals surface area (Å²) in [7, 11) is -2.60. The Kier molecular flexibility index (Phi) is 7.65. The fourth-order valence-corrected chi connectivity index (χ4v) is 4.77. The standard InChI is InChI=1S/C25H19ClF3N3O5S/c1-36-20-12-18(13-22(14-20)38(34,35)21-7-5-17(26)6-8-21)30-24(33)23-9-10-32(31-23)15-37-19-4-2-3-16(11-19)25(27,28)29/h2-14H,15H2,1H3,(H,30,33). The monoisotopic (exact) mass is 565 g/mol. The van der Waals surface area contributed by atoms with Crippen LogP contribution < -0.4 is 14.8 Å². The molecule has 38 heavy (non-hydrogen) atoms. The Morgan fingerprint density at radius 1 is 1.00 bits per heavy atom. The molecular formula is C25H19ClF3N3O5S.